The Bertz CT molecular complexity index is 1050. The number of para-hydroxylation sites is 2. The van der Waals surface area contributed by atoms with Crippen LogP contribution in [0.3, 0.4) is 0 Å². The normalized spacial score (nSPS) is 15.2. The molecule has 158 valence electrons. The van der Waals surface area contributed by atoms with Crippen LogP contribution in [0.15, 0.2) is 98.2 Å². The summed E-state index contributed by atoms with van der Waals surface area (Å²) in [6.07, 6.45) is 0.985. The molecule has 3 aliphatic rings. The summed E-state index contributed by atoms with van der Waals surface area (Å²) in [5.41, 5.74) is 0. The van der Waals surface area contributed by atoms with Gasteiger partial charge in [0.05, 0.1) is 13.2 Å². The third-order valence-electron chi connectivity index (χ3n) is 4.37. The van der Waals surface area contributed by atoms with Crippen molar-refractivity contribution in [1.82, 2.24) is 0 Å². The third kappa shape index (κ3) is 5.11. The molecule has 6 heteroatoms. The highest BCUT2D eigenvalue weighted by Gasteiger charge is 2.17. The lowest BCUT2D eigenvalue weighted by Crippen LogP contribution is -2.08. The van der Waals surface area contributed by atoms with E-state index in [1.54, 1.807) is 0 Å². The van der Waals surface area contributed by atoms with Crippen molar-refractivity contribution >= 4 is 10.8 Å². The summed E-state index contributed by atoms with van der Waals surface area (Å²) >= 11 is 0. The molecular formula is C25H22O6. The van der Waals surface area contributed by atoms with E-state index in [4.69, 9.17) is 28.4 Å². The van der Waals surface area contributed by atoms with Gasteiger partial charge in [-0.15, -0.1) is 0 Å². The van der Waals surface area contributed by atoms with Crippen LogP contribution in [0.5, 0.6) is 23.0 Å². The van der Waals surface area contributed by atoms with Crippen LogP contribution in [-0.4, -0.2) is 13.2 Å². The van der Waals surface area contributed by atoms with Gasteiger partial charge >= 0.3 is 0 Å². The third-order valence-corrected chi connectivity index (χ3v) is 4.37. The maximum absolute atomic E-state index is 5.30. The molecule has 3 aromatic carbocycles. The monoisotopic (exact) mass is 418 g/mol. The molecule has 1 fully saturated rings. The van der Waals surface area contributed by atoms with Gasteiger partial charge in [0.2, 0.25) is 0 Å². The summed E-state index contributed by atoms with van der Waals surface area (Å²) in [6.45, 7) is 12.1. The fourth-order valence-corrected chi connectivity index (χ4v) is 2.98. The van der Waals surface area contributed by atoms with E-state index >= 15 is 0 Å². The molecule has 1 saturated heterocycles. The summed E-state index contributed by atoms with van der Waals surface area (Å²) < 4.78 is 30.5. The molecular weight excluding hydrogens is 396 g/mol. The zero-order valence-corrected chi connectivity index (χ0v) is 17.0. The number of benzene rings is 3. The van der Waals surface area contributed by atoms with Crippen molar-refractivity contribution < 1.29 is 28.4 Å². The highest BCUT2D eigenvalue weighted by molar-refractivity contribution is 5.86. The highest BCUT2D eigenvalue weighted by Crippen LogP contribution is 2.38. The van der Waals surface area contributed by atoms with Crippen LogP contribution in [0.2, 0.25) is 0 Å². The zero-order valence-electron chi connectivity index (χ0n) is 17.0. The van der Waals surface area contributed by atoms with E-state index in [1.807, 2.05) is 60.7 Å². The topological polar surface area (TPSA) is 55.4 Å². The number of rotatable bonds is 0. The maximum atomic E-state index is 5.30. The van der Waals surface area contributed by atoms with Crippen molar-refractivity contribution in [1.29, 1.82) is 0 Å². The second-order valence-corrected chi connectivity index (χ2v) is 6.67. The Balaban J connectivity index is 0.000000119. The van der Waals surface area contributed by atoms with Crippen LogP contribution in [-0.2, 0) is 9.47 Å². The van der Waals surface area contributed by atoms with Crippen molar-refractivity contribution in [2.45, 2.75) is 6.42 Å². The van der Waals surface area contributed by atoms with E-state index < -0.39 is 0 Å². The Hall–Kier alpha value is -4.06. The fraction of sp³-hybridized carbons (Fsp3) is 0.120. The maximum Gasteiger partial charge on any atom is 0.282 e. The zero-order chi connectivity index (χ0) is 21.6. The van der Waals surface area contributed by atoms with Gasteiger partial charge in [-0.2, -0.15) is 0 Å². The number of ether oxygens (including phenoxy) is 6. The molecule has 0 N–H and O–H groups in total. The molecule has 0 unspecified atom stereocenters. The van der Waals surface area contributed by atoms with Gasteiger partial charge in [-0.1, -0.05) is 36.4 Å². The number of hydrogen-bond donors (Lipinski definition) is 0. The Morgan fingerprint density at radius 3 is 1.35 bits per heavy atom. The first-order valence-corrected chi connectivity index (χ1v) is 9.74. The van der Waals surface area contributed by atoms with Crippen LogP contribution < -0.4 is 18.9 Å². The van der Waals surface area contributed by atoms with Crippen LogP contribution in [0.1, 0.15) is 6.42 Å². The molecule has 0 aromatic heterocycles. The quantitative estimate of drug-likeness (QED) is 0.453. The highest BCUT2D eigenvalue weighted by atomic mass is 16.7. The van der Waals surface area contributed by atoms with Gasteiger partial charge in [0.25, 0.3) is 17.8 Å². The second-order valence-electron chi connectivity index (χ2n) is 6.67. The molecule has 3 heterocycles. The summed E-state index contributed by atoms with van der Waals surface area (Å²) in [7, 11) is 0. The average Bonchev–Trinajstić information content (AvgIpc) is 3.33. The first-order chi connectivity index (χ1) is 15.1. The smallest absolute Gasteiger partial charge is 0.282 e. The predicted octanol–water partition coefficient (Wildman–Crippen LogP) is 5.91. The molecule has 0 amide bonds. The lowest BCUT2D eigenvalue weighted by Gasteiger charge is -2.14. The van der Waals surface area contributed by atoms with Gasteiger partial charge in [-0.25, -0.2) is 0 Å². The minimum absolute atomic E-state index is 0.343. The van der Waals surface area contributed by atoms with Crippen molar-refractivity contribution in [2.75, 3.05) is 13.2 Å². The Kier molecular flexibility index (Phi) is 5.98. The van der Waals surface area contributed by atoms with E-state index in [-0.39, 0.29) is 0 Å². The Labute approximate surface area is 180 Å². The van der Waals surface area contributed by atoms with E-state index in [2.05, 4.69) is 19.7 Å². The standard InChI is InChI=1S/C12H8O2.C8H6O2.C5H8O2/c1-8-13-11-6-9-4-2-3-5-10(9)7-12(11)14-8;1-6-9-7-4-2-3-5-8(7)10-6;1-5-6-3-2-4-7-5/h2-7H,1H2;2-5H,1H2;1-4H2. The van der Waals surface area contributed by atoms with Gasteiger partial charge in [0.15, 0.2) is 23.0 Å². The largest absolute Gasteiger partial charge is 0.466 e. The second kappa shape index (κ2) is 9.17. The van der Waals surface area contributed by atoms with Gasteiger partial charge in [0, 0.05) is 6.42 Å². The molecule has 6 nitrogen and oxygen atoms in total. The van der Waals surface area contributed by atoms with Crippen molar-refractivity contribution in [2.24, 2.45) is 0 Å². The van der Waals surface area contributed by atoms with E-state index in [9.17, 15) is 0 Å². The lowest BCUT2D eigenvalue weighted by molar-refractivity contribution is -0.0122. The van der Waals surface area contributed by atoms with Crippen LogP contribution in [0, 0.1) is 0 Å². The molecule has 0 atom stereocenters. The molecule has 0 radical (unpaired) electrons. The van der Waals surface area contributed by atoms with Gasteiger partial charge in [0.1, 0.15) is 0 Å². The fourth-order valence-electron chi connectivity index (χ4n) is 2.98. The average molecular weight is 418 g/mol. The molecule has 31 heavy (non-hydrogen) atoms. The molecule has 3 aromatic rings. The molecule has 0 bridgehead atoms. The summed E-state index contributed by atoms with van der Waals surface area (Å²) in [5.74, 6) is 4.13. The SMILES string of the molecule is C=C1OCCCO1.C=C1Oc2cc3ccccc3cc2O1.C=C1Oc2ccccc2O1. The first kappa shape index (κ1) is 20.2. The summed E-state index contributed by atoms with van der Waals surface area (Å²) in [6, 6.07) is 19.5. The first-order valence-electron chi connectivity index (χ1n) is 9.74. The van der Waals surface area contributed by atoms with Crippen molar-refractivity contribution in [3.8, 4) is 23.0 Å². The number of hydrogen-bond acceptors (Lipinski definition) is 6. The van der Waals surface area contributed by atoms with Crippen LogP contribution in [0.4, 0.5) is 0 Å². The number of fused-ring (bicyclic) bond motifs is 3. The van der Waals surface area contributed by atoms with Crippen molar-refractivity contribution in [3.63, 3.8) is 0 Å². The Morgan fingerprint density at radius 1 is 0.516 bits per heavy atom. The molecule has 0 saturated carbocycles. The lowest BCUT2D eigenvalue weighted by atomic mass is 10.1. The van der Waals surface area contributed by atoms with E-state index in [0.717, 1.165) is 53.4 Å². The summed E-state index contributed by atoms with van der Waals surface area (Å²) in [4.78, 5) is 0. The predicted molar refractivity (Wildman–Crippen MR) is 117 cm³/mol. The van der Waals surface area contributed by atoms with Gasteiger partial charge in [-0.05, 0) is 54.8 Å². The Morgan fingerprint density at radius 2 is 0.935 bits per heavy atom. The van der Waals surface area contributed by atoms with Crippen LogP contribution >= 0.6 is 0 Å². The van der Waals surface area contributed by atoms with Gasteiger partial charge in [-0.3, -0.25) is 0 Å². The van der Waals surface area contributed by atoms with E-state index in [0.29, 0.717) is 17.8 Å². The minimum atomic E-state index is 0.343. The van der Waals surface area contributed by atoms with Crippen LogP contribution in [0.25, 0.3) is 10.8 Å². The molecule has 6 rings (SSSR count). The molecule has 0 spiro atoms. The summed E-state index contributed by atoms with van der Waals surface area (Å²) in [5, 5.41) is 2.29. The van der Waals surface area contributed by atoms with E-state index in [1.165, 1.54) is 0 Å². The minimum Gasteiger partial charge on any atom is -0.466 e. The van der Waals surface area contributed by atoms with Crippen molar-refractivity contribution in [3.05, 3.63) is 98.2 Å². The molecule has 3 aliphatic heterocycles. The molecule has 0 aliphatic carbocycles. The van der Waals surface area contributed by atoms with Gasteiger partial charge < -0.3 is 28.4 Å².